The number of benzene rings is 2. The number of aliphatic hydroxyl groups is 1. The topological polar surface area (TPSA) is 39.3 Å². The number of aromatic nitrogens is 1. The largest absolute Gasteiger partial charge is 0.390 e. The van der Waals surface area contributed by atoms with E-state index in [0.717, 1.165) is 0 Å². The lowest BCUT2D eigenvalue weighted by Crippen LogP contribution is -2.49. The summed E-state index contributed by atoms with van der Waals surface area (Å²) in [5.74, 6) is -4.31. The molecule has 3 aromatic rings. The third kappa shape index (κ3) is 3.58. The number of nitrogens with zero attached hydrogens (tertiary/aromatic N) is 1. The molecule has 8 heteroatoms. The van der Waals surface area contributed by atoms with Crippen LogP contribution in [0.1, 0.15) is 29.8 Å². The Kier molecular flexibility index (Phi) is 5.21. The molecule has 154 valence electrons. The molecule has 1 aliphatic heterocycles. The first-order chi connectivity index (χ1) is 13.7. The summed E-state index contributed by atoms with van der Waals surface area (Å²) in [5.41, 5.74) is 1.92. The Balaban J connectivity index is 1.94. The van der Waals surface area contributed by atoms with Crippen LogP contribution in [0, 0.1) is 11.6 Å². The van der Waals surface area contributed by atoms with E-state index in [2.05, 4.69) is 20.9 Å². The third-order valence-corrected chi connectivity index (χ3v) is 5.98. The monoisotopic (exact) mass is 470 g/mol. The molecule has 2 heterocycles. The number of hydrogen-bond donors (Lipinski definition) is 2. The molecule has 1 aliphatic rings. The van der Waals surface area contributed by atoms with E-state index in [4.69, 9.17) is 5.11 Å². The molecule has 3 nitrogen and oxygen atoms in total. The van der Waals surface area contributed by atoms with E-state index < -0.39 is 42.8 Å². The van der Waals surface area contributed by atoms with Gasteiger partial charge < -0.3 is 10.1 Å². The van der Waals surface area contributed by atoms with E-state index in [9.17, 15) is 17.6 Å². The molecule has 0 spiro atoms. The Morgan fingerprint density at radius 1 is 1.21 bits per heavy atom. The van der Waals surface area contributed by atoms with Crippen LogP contribution in [0.4, 0.5) is 17.6 Å². The third-order valence-electron chi connectivity index (χ3n) is 5.48. The van der Waals surface area contributed by atoms with Gasteiger partial charge in [0, 0.05) is 32.7 Å². The number of H-pyrrole nitrogens is 1. The van der Waals surface area contributed by atoms with Gasteiger partial charge in [0.2, 0.25) is 0 Å². The van der Waals surface area contributed by atoms with Crippen molar-refractivity contribution in [2.45, 2.75) is 31.4 Å². The highest BCUT2D eigenvalue weighted by atomic mass is 79.9. The van der Waals surface area contributed by atoms with E-state index in [0.29, 0.717) is 33.1 Å². The molecule has 2 unspecified atom stereocenters. The van der Waals surface area contributed by atoms with Gasteiger partial charge in [0.1, 0.15) is 18.2 Å². The van der Waals surface area contributed by atoms with Crippen molar-refractivity contribution < 1.29 is 22.7 Å². The quantitative estimate of drug-likeness (QED) is 0.516. The summed E-state index contributed by atoms with van der Waals surface area (Å²) < 4.78 is 58.3. The number of nitrogens with one attached hydrogen (secondary N) is 1. The maximum atomic E-state index is 14.9. The van der Waals surface area contributed by atoms with Gasteiger partial charge in [-0.1, -0.05) is 28.1 Å². The van der Waals surface area contributed by atoms with Crippen LogP contribution in [0.25, 0.3) is 10.9 Å². The van der Waals surface area contributed by atoms with Gasteiger partial charge in [-0.25, -0.2) is 17.6 Å². The van der Waals surface area contributed by atoms with Gasteiger partial charge in [0.15, 0.2) is 0 Å². The number of rotatable bonds is 4. The van der Waals surface area contributed by atoms with Crippen LogP contribution in [-0.2, 0) is 6.42 Å². The van der Waals surface area contributed by atoms with E-state index in [1.165, 1.54) is 23.1 Å². The van der Waals surface area contributed by atoms with Crippen LogP contribution < -0.4 is 0 Å². The van der Waals surface area contributed by atoms with Gasteiger partial charge in [-0.05, 0) is 43.2 Å². The van der Waals surface area contributed by atoms with Crippen molar-refractivity contribution in [3.63, 3.8) is 0 Å². The summed E-state index contributed by atoms with van der Waals surface area (Å²) in [6.07, 6.45) is 0.326. The predicted octanol–water partition coefficient (Wildman–Crippen LogP) is 5.17. The van der Waals surface area contributed by atoms with Crippen molar-refractivity contribution in [2.24, 2.45) is 0 Å². The van der Waals surface area contributed by atoms with Crippen molar-refractivity contribution in [2.75, 3.05) is 13.2 Å². The van der Waals surface area contributed by atoms with E-state index in [1.807, 2.05) is 0 Å². The Morgan fingerprint density at radius 3 is 2.66 bits per heavy atom. The summed E-state index contributed by atoms with van der Waals surface area (Å²) in [5, 5.41) is 9.50. The molecule has 4 rings (SSSR count). The maximum absolute atomic E-state index is 14.9. The van der Waals surface area contributed by atoms with Crippen molar-refractivity contribution >= 4 is 26.8 Å². The predicted molar refractivity (Wildman–Crippen MR) is 106 cm³/mol. The summed E-state index contributed by atoms with van der Waals surface area (Å²) in [6.45, 7) is -0.304. The molecule has 29 heavy (non-hydrogen) atoms. The second kappa shape index (κ2) is 7.41. The first kappa shape index (κ1) is 20.4. The van der Waals surface area contributed by atoms with Gasteiger partial charge in [0.25, 0.3) is 5.92 Å². The molecule has 0 radical (unpaired) electrons. The van der Waals surface area contributed by atoms with Crippen LogP contribution in [0.15, 0.2) is 40.9 Å². The molecule has 2 aromatic carbocycles. The highest BCUT2D eigenvalue weighted by molar-refractivity contribution is 9.10. The molecule has 0 fully saturated rings. The zero-order valence-corrected chi connectivity index (χ0v) is 17.1. The Bertz CT molecular complexity index is 1070. The molecule has 0 saturated carbocycles. The summed E-state index contributed by atoms with van der Waals surface area (Å²) >= 11 is 3.21. The first-order valence-electron chi connectivity index (χ1n) is 9.20. The normalized spacial score (nSPS) is 20.2. The number of aromatic amines is 1. The number of halogens is 5. The lowest BCUT2D eigenvalue weighted by Gasteiger charge is -2.42. The Morgan fingerprint density at radius 2 is 1.97 bits per heavy atom. The minimum absolute atomic E-state index is 0.210. The van der Waals surface area contributed by atoms with Crippen LogP contribution in [0.2, 0.25) is 0 Å². The fraction of sp³-hybridized carbons (Fsp3) is 0.333. The van der Waals surface area contributed by atoms with Crippen molar-refractivity contribution in [3.8, 4) is 0 Å². The van der Waals surface area contributed by atoms with E-state index in [1.54, 1.807) is 25.1 Å². The number of hydrogen-bond acceptors (Lipinski definition) is 2. The van der Waals surface area contributed by atoms with Crippen LogP contribution in [-0.4, -0.2) is 40.1 Å². The van der Waals surface area contributed by atoms with Crippen LogP contribution >= 0.6 is 15.9 Å². The molecule has 0 bridgehead atoms. The first-order valence-corrected chi connectivity index (χ1v) is 9.99. The average Bonchev–Trinajstić information content (AvgIpc) is 3.02. The fourth-order valence-corrected chi connectivity index (χ4v) is 4.52. The van der Waals surface area contributed by atoms with Crippen LogP contribution in [0.5, 0.6) is 0 Å². The minimum atomic E-state index is -3.35. The number of alkyl halides is 2. The second-order valence-corrected chi connectivity index (χ2v) is 8.40. The molecular weight excluding hydrogens is 452 g/mol. The Hall–Kier alpha value is -1.90. The zero-order chi connectivity index (χ0) is 20.9. The second-order valence-electron chi connectivity index (χ2n) is 7.49. The lowest BCUT2D eigenvalue weighted by atomic mass is 9.88. The van der Waals surface area contributed by atoms with Gasteiger partial charge >= 0.3 is 0 Å². The minimum Gasteiger partial charge on any atom is -0.390 e. The van der Waals surface area contributed by atoms with Gasteiger partial charge in [-0.2, -0.15) is 0 Å². The van der Waals surface area contributed by atoms with Crippen molar-refractivity contribution in [3.05, 3.63) is 69.3 Å². The summed E-state index contributed by atoms with van der Waals surface area (Å²) in [7, 11) is 0. The van der Waals surface area contributed by atoms with Gasteiger partial charge in [0.05, 0.1) is 12.6 Å². The summed E-state index contributed by atoms with van der Waals surface area (Å²) in [4.78, 5) is 4.60. The highest BCUT2D eigenvalue weighted by Gasteiger charge is 2.42. The SMILES string of the molecule is CC1Cc2c([nH]c3cccc(F)c23)C(c2ccc(Br)cc2F)N1CC(F)(F)CO. The highest BCUT2D eigenvalue weighted by Crippen LogP contribution is 2.43. The van der Waals surface area contributed by atoms with Crippen LogP contribution in [0.3, 0.4) is 0 Å². The standard InChI is InChI=1S/C21H19BrF4N2O/c1-11-7-14-18-15(23)3-2-4-17(18)27-19(14)20(28(11)9-21(25,26)10-29)13-6-5-12(22)8-16(13)24/h2-6,8,11,20,27,29H,7,9-10H2,1H3. The van der Waals surface area contributed by atoms with Gasteiger partial charge in [-0.15, -0.1) is 0 Å². The number of aliphatic hydroxyl groups excluding tert-OH is 1. The fourth-order valence-electron chi connectivity index (χ4n) is 4.19. The lowest BCUT2D eigenvalue weighted by molar-refractivity contribution is -0.0866. The van der Waals surface area contributed by atoms with E-state index in [-0.39, 0.29) is 5.56 Å². The molecule has 0 amide bonds. The van der Waals surface area contributed by atoms with E-state index >= 15 is 0 Å². The Labute approximate surface area is 173 Å². The number of fused-ring (bicyclic) bond motifs is 3. The molecule has 2 N–H and O–H groups in total. The summed E-state index contributed by atoms with van der Waals surface area (Å²) in [6, 6.07) is 7.79. The van der Waals surface area contributed by atoms with Crippen molar-refractivity contribution in [1.82, 2.24) is 9.88 Å². The molecule has 0 aliphatic carbocycles. The average molecular weight is 471 g/mol. The molecular formula is C21H19BrF4N2O. The molecule has 0 saturated heterocycles. The molecule has 2 atom stereocenters. The maximum Gasteiger partial charge on any atom is 0.283 e. The smallest absolute Gasteiger partial charge is 0.283 e. The zero-order valence-electron chi connectivity index (χ0n) is 15.5. The van der Waals surface area contributed by atoms with Crippen molar-refractivity contribution in [1.29, 1.82) is 0 Å². The molecule has 1 aromatic heterocycles. The van der Waals surface area contributed by atoms with Gasteiger partial charge in [-0.3, -0.25) is 4.90 Å².